The van der Waals surface area contributed by atoms with E-state index in [1.54, 1.807) is 6.08 Å². The topological polar surface area (TPSA) is 29.1 Å². The Labute approximate surface area is 60.7 Å². The first kappa shape index (κ1) is 8.66. The van der Waals surface area contributed by atoms with Crippen molar-refractivity contribution in [1.29, 1.82) is 0 Å². The third-order valence-electron chi connectivity index (χ3n) is 1.09. The second-order valence-electron chi connectivity index (χ2n) is 1.83. The predicted octanol–water partition coefficient (Wildman–Crippen LogP) is 0.527. The third-order valence-corrected chi connectivity index (χ3v) is 1.09. The van der Waals surface area contributed by atoms with E-state index in [-0.39, 0.29) is 18.2 Å². The number of rotatable bonds is 0. The average molecular weight is 148 g/mol. The quantitative estimate of drug-likeness (QED) is 0.542. The summed E-state index contributed by atoms with van der Waals surface area (Å²) in [6, 6.07) is 0. The molecule has 0 aliphatic carbocycles. The van der Waals surface area contributed by atoms with E-state index < -0.39 is 0 Å². The van der Waals surface area contributed by atoms with Crippen LogP contribution in [0.5, 0.6) is 0 Å². The van der Waals surface area contributed by atoms with Gasteiger partial charge in [-0.2, -0.15) is 0 Å². The highest BCUT2D eigenvalue weighted by molar-refractivity contribution is 5.91. The minimum Gasteiger partial charge on any atom is -0.309 e. The van der Waals surface area contributed by atoms with Gasteiger partial charge < -0.3 is 5.32 Å². The third kappa shape index (κ3) is 3.27. The van der Waals surface area contributed by atoms with Crippen molar-refractivity contribution in [3.05, 3.63) is 12.2 Å². The molecule has 1 N–H and O–H groups in total. The molecule has 0 atom stereocenters. The second-order valence-corrected chi connectivity index (χ2v) is 1.83. The number of carbonyl (C=O) groups excluding carboxylic acids is 1. The van der Waals surface area contributed by atoms with Gasteiger partial charge in [-0.25, -0.2) is 0 Å². The largest absolute Gasteiger partial charge is 0.309 e. The lowest BCUT2D eigenvalue weighted by Gasteiger charge is -1.91. The molecule has 9 heavy (non-hydrogen) atoms. The highest BCUT2D eigenvalue weighted by Crippen LogP contribution is 1.86. The molecule has 0 aromatic rings. The first-order valence-electron chi connectivity index (χ1n) is 2.80. The van der Waals surface area contributed by atoms with Crippen molar-refractivity contribution in [2.24, 2.45) is 0 Å². The summed E-state index contributed by atoms with van der Waals surface area (Å²) in [6.07, 6.45) is 4.52. The molecule has 1 heterocycles. The molecule has 0 fully saturated rings. The molecule has 1 aliphatic rings. The number of ketones is 1. The molecule has 0 saturated carbocycles. The number of hydrogen-bond acceptors (Lipinski definition) is 2. The SMILES string of the molecule is Cl.O=C1C=CCCNC1. The predicted molar refractivity (Wildman–Crippen MR) is 38.9 cm³/mol. The van der Waals surface area contributed by atoms with Crippen LogP contribution >= 0.6 is 12.4 Å². The van der Waals surface area contributed by atoms with Gasteiger partial charge in [0.2, 0.25) is 0 Å². The van der Waals surface area contributed by atoms with E-state index in [4.69, 9.17) is 0 Å². The molecule has 0 spiro atoms. The zero-order valence-corrected chi connectivity index (χ0v) is 5.91. The summed E-state index contributed by atoms with van der Waals surface area (Å²) < 4.78 is 0. The number of halogens is 1. The van der Waals surface area contributed by atoms with Crippen LogP contribution in [-0.4, -0.2) is 18.9 Å². The number of hydrogen-bond donors (Lipinski definition) is 1. The molecule has 0 aromatic carbocycles. The minimum absolute atomic E-state index is 0. The Morgan fingerprint density at radius 2 is 2.33 bits per heavy atom. The van der Waals surface area contributed by atoms with E-state index in [0.29, 0.717) is 6.54 Å². The average Bonchev–Trinajstić information content (AvgIpc) is 1.94. The van der Waals surface area contributed by atoms with Gasteiger partial charge in [0.05, 0.1) is 6.54 Å². The van der Waals surface area contributed by atoms with Crippen LogP contribution in [0, 0.1) is 0 Å². The van der Waals surface area contributed by atoms with E-state index in [9.17, 15) is 4.79 Å². The Hall–Kier alpha value is -0.340. The van der Waals surface area contributed by atoms with Crippen molar-refractivity contribution < 1.29 is 4.79 Å². The van der Waals surface area contributed by atoms with Crippen LogP contribution < -0.4 is 5.32 Å². The van der Waals surface area contributed by atoms with Crippen LogP contribution in [0.15, 0.2) is 12.2 Å². The van der Waals surface area contributed by atoms with E-state index in [1.165, 1.54) is 0 Å². The molecular formula is C6H10ClNO. The maximum absolute atomic E-state index is 10.5. The highest BCUT2D eigenvalue weighted by Gasteiger charge is 1.97. The van der Waals surface area contributed by atoms with Crippen LogP contribution in [-0.2, 0) is 4.79 Å². The molecule has 1 aliphatic heterocycles. The maximum atomic E-state index is 10.5. The van der Waals surface area contributed by atoms with Gasteiger partial charge in [0.15, 0.2) is 5.78 Å². The van der Waals surface area contributed by atoms with Crippen molar-refractivity contribution in [3.8, 4) is 0 Å². The fraction of sp³-hybridized carbons (Fsp3) is 0.500. The normalized spacial score (nSPS) is 18.4. The molecule has 1 rings (SSSR count). The summed E-state index contributed by atoms with van der Waals surface area (Å²) in [6.45, 7) is 1.44. The first-order chi connectivity index (χ1) is 3.89. The molecule has 0 saturated heterocycles. The van der Waals surface area contributed by atoms with Gasteiger partial charge in [0.25, 0.3) is 0 Å². The van der Waals surface area contributed by atoms with Gasteiger partial charge in [0, 0.05) is 0 Å². The van der Waals surface area contributed by atoms with Crippen LogP contribution in [0.2, 0.25) is 0 Å². The van der Waals surface area contributed by atoms with Crippen molar-refractivity contribution in [2.45, 2.75) is 6.42 Å². The molecule has 0 aromatic heterocycles. The summed E-state index contributed by atoms with van der Waals surface area (Å²) in [5.74, 6) is 0.183. The van der Waals surface area contributed by atoms with Crippen molar-refractivity contribution in [2.75, 3.05) is 13.1 Å². The summed E-state index contributed by atoms with van der Waals surface area (Å²) >= 11 is 0. The Kier molecular flexibility index (Phi) is 4.36. The van der Waals surface area contributed by atoms with Crippen LogP contribution in [0.1, 0.15) is 6.42 Å². The summed E-state index contributed by atoms with van der Waals surface area (Å²) in [7, 11) is 0. The lowest BCUT2D eigenvalue weighted by atomic mass is 10.3. The zero-order valence-electron chi connectivity index (χ0n) is 5.09. The lowest BCUT2D eigenvalue weighted by molar-refractivity contribution is -0.113. The van der Waals surface area contributed by atoms with E-state index in [2.05, 4.69) is 5.32 Å². The molecule has 52 valence electrons. The van der Waals surface area contributed by atoms with Crippen molar-refractivity contribution in [3.63, 3.8) is 0 Å². The Morgan fingerprint density at radius 1 is 1.56 bits per heavy atom. The van der Waals surface area contributed by atoms with Gasteiger partial charge in [-0.1, -0.05) is 6.08 Å². The molecular weight excluding hydrogens is 138 g/mol. The summed E-state index contributed by atoms with van der Waals surface area (Å²) in [5.41, 5.74) is 0. The second kappa shape index (κ2) is 4.53. The molecule has 0 amide bonds. The molecule has 3 heteroatoms. The van der Waals surface area contributed by atoms with E-state index >= 15 is 0 Å². The van der Waals surface area contributed by atoms with Gasteiger partial charge in [-0.3, -0.25) is 4.79 Å². The van der Waals surface area contributed by atoms with Crippen LogP contribution in [0.25, 0.3) is 0 Å². The number of carbonyl (C=O) groups is 1. The van der Waals surface area contributed by atoms with Crippen LogP contribution in [0.4, 0.5) is 0 Å². The van der Waals surface area contributed by atoms with Crippen molar-refractivity contribution >= 4 is 18.2 Å². The highest BCUT2D eigenvalue weighted by atomic mass is 35.5. The Morgan fingerprint density at radius 3 is 3.11 bits per heavy atom. The summed E-state index contributed by atoms with van der Waals surface area (Å²) in [5, 5.41) is 2.98. The monoisotopic (exact) mass is 147 g/mol. The maximum Gasteiger partial charge on any atom is 0.169 e. The molecule has 2 nitrogen and oxygen atoms in total. The Bertz CT molecular complexity index is 122. The number of nitrogens with one attached hydrogen (secondary N) is 1. The van der Waals surface area contributed by atoms with E-state index in [0.717, 1.165) is 13.0 Å². The van der Waals surface area contributed by atoms with Crippen molar-refractivity contribution in [1.82, 2.24) is 5.32 Å². The van der Waals surface area contributed by atoms with E-state index in [1.807, 2.05) is 6.08 Å². The lowest BCUT2D eigenvalue weighted by Crippen LogP contribution is -2.19. The molecule has 0 bridgehead atoms. The Balaban J connectivity index is 0.000000640. The summed E-state index contributed by atoms with van der Waals surface area (Å²) in [4.78, 5) is 10.5. The van der Waals surface area contributed by atoms with Crippen LogP contribution in [0.3, 0.4) is 0 Å². The van der Waals surface area contributed by atoms with Gasteiger partial charge >= 0.3 is 0 Å². The zero-order chi connectivity index (χ0) is 5.82. The van der Waals surface area contributed by atoms with Gasteiger partial charge in [-0.05, 0) is 19.0 Å². The van der Waals surface area contributed by atoms with Gasteiger partial charge in [0.1, 0.15) is 0 Å². The fourth-order valence-electron chi connectivity index (χ4n) is 0.671. The molecule has 0 radical (unpaired) electrons. The smallest absolute Gasteiger partial charge is 0.169 e. The molecule has 0 unspecified atom stereocenters. The van der Waals surface area contributed by atoms with Gasteiger partial charge in [-0.15, -0.1) is 12.4 Å². The first-order valence-corrected chi connectivity index (χ1v) is 2.80. The standard InChI is InChI=1S/C6H9NO.ClH/c8-6-3-1-2-4-7-5-6;/h1,3,7H,2,4-5H2;1H. The fourth-order valence-corrected chi connectivity index (χ4v) is 0.671. The minimum atomic E-state index is 0.